The van der Waals surface area contributed by atoms with E-state index in [-0.39, 0.29) is 62.7 Å². The van der Waals surface area contributed by atoms with Gasteiger partial charge in [0.2, 0.25) is 0 Å². The van der Waals surface area contributed by atoms with Gasteiger partial charge in [0.1, 0.15) is 17.3 Å². The van der Waals surface area contributed by atoms with Crippen molar-refractivity contribution >= 4 is 45.3 Å². The van der Waals surface area contributed by atoms with Crippen molar-refractivity contribution in [2.24, 2.45) is 0 Å². The number of carbonyl (C=O) groups excluding carboxylic acids is 4. The van der Waals surface area contributed by atoms with E-state index in [4.69, 9.17) is 9.84 Å². The lowest BCUT2D eigenvalue weighted by molar-refractivity contribution is -0.126. The third kappa shape index (κ3) is 8.88. The van der Waals surface area contributed by atoms with E-state index >= 15 is 0 Å². The molecule has 1 atom stereocenters. The molecule has 1 N–H and O–H groups in total. The molecule has 0 aromatic heterocycles. The van der Waals surface area contributed by atoms with Crippen molar-refractivity contribution in [2.75, 3.05) is 13.2 Å². The van der Waals surface area contributed by atoms with Crippen LogP contribution >= 0.6 is 15.9 Å². The molecule has 0 aliphatic carbocycles. The second-order valence-electron chi connectivity index (χ2n) is 5.90. The number of aliphatic hydroxyl groups excluding tert-OH is 1. The number of rotatable bonds is 13. The van der Waals surface area contributed by atoms with Gasteiger partial charge in [-0.15, -0.1) is 0 Å². The Bertz CT molecular complexity index is 680. The molecular formula is C20H23BrO6. The standard InChI is InChI=1S/C20H23BrO6/c1-2-14-3-5-15(6-4-14)20(26)27-12-10-16(23)7-8-17(24)13-18(21)19(25)9-11-22/h2-6,18,22H,1,7-13H2. The Hall–Kier alpha value is -2.12. The Balaban J connectivity index is 2.26. The monoisotopic (exact) mass is 438 g/mol. The molecule has 6 nitrogen and oxygen atoms in total. The van der Waals surface area contributed by atoms with E-state index in [9.17, 15) is 19.2 Å². The lowest BCUT2D eigenvalue weighted by atomic mass is 10.0. The second kappa shape index (κ2) is 12.3. The zero-order chi connectivity index (χ0) is 20.2. The van der Waals surface area contributed by atoms with Gasteiger partial charge in [0.25, 0.3) is 0 Å². The van der Waals surface area contributed by atoms with Crippen molar-refractivity contribution < 1.29 is 29.0 Å². The zero-order valence-corrected chi connectivity index (χ0v) is 16.6. The lowest BCUT2D eigenvalue weighted by Gasteiger charge is -2.07. The van der Waals surface area contributed by atoms with Crippen LogP contribution in [-0.2, 0) is 19.1 Å². The predicted molar refractivity (Wildman–Crippen MR) is 105 cm³/mol. The maximum atomic E-state index is 11.9. The van der Waals surface area contributed by atoms with Gasteiger partial charge in [-0.1, -0.05) is 40.7 Å². The van der Waals surface area contributed by atoms with Crippen molar-refractivity contribution in [3.63, 3.8) is 0 Å². The minimum absolute atomic E-state index is 0.0101. The molecule has 7 heteroatoms. The molecule has 0 aliphatic rings. The summed E-state index contributed by atoms with van der Waals surface area (Å²) in [6, 6.07) is 6.72. The van der Waals surface area contributed by atoms with Crippen LogP contribution in [0.2, 0.25) is 0 Å². The highest BCUT2D eigenvalue weighted by Gasteiger charge is 2.18. The van der Waals surface area contributed by atoms with Crippen LogP contribution in [0.15, 0.2) is 30.8 Å². The first-order valence-electron chi connectivity index (χ1n) is 8.58. The predicted octanol–water partition coefficient (Wildman–Crippen LogP) is 2.90. The summed E-state index contributed by atoms with van der Waals surface area (Å²) in [5, 5.41) is 8.70. The number of carbonyl (C=O) groups is 4. The molecule has 1 aromatic rings. The first-order chi connectivity index (χ1) is 12.9. The Morgan fingerprint density at radius 2 is 1.67 bits per heavy atom. The van der Waals surface area contributed by atoms with E-state index in [1.165, 1.54) is 0 Å². The molecule has 1 unspecified atom stereocenters. The number of hydrogen-bond acceptors (Lipinski definition) is 6. The van der Waals surface area contributed by atoms with Crippen LogP contribution in [0, 0.1) is 0 Å². The molecule has 0 heterocycles. The molecule has 0 amide bonds. The van der Waals surface area contributed by atoms with Crippen molar-refractivity contribution in [3.05, 3.63) is 42.0 Å². The minimum atomic E-state index is -0.638. The number of ether oxygens (including phenoxy) is 1. The third-order valence-electron chi connectivity index (χ3n) is 3.79. The summed E-state index contributed by atoms with van der Waals surface area (Å²) in [6.07, 6.45) is 1.74. The molecule has 1 rings (SSSR count). The van der Waals surface area contributed by atoms with E-state index in [0.717, 1.165) is 5.56 Å². The number of Topliss-reactive ketones (excluding diaryl/α,β-unsaturated/α-hetero) is 3. The van der Waals surface area contributed by atoms with Crippen LogP contribution in [0.5, 0.6) is 0 Å². The van der Waals surface area contributed by atoms with E-state index in [2.05, 4.69) is 22.5 Å². The summed E-state index contributed by atoms with van der Waals surface area (Å²) < 4.78 is 5.06. The molecule has 0 radical (unpaired) electrons. The van der Waals surface area contributed by atoms with Gasteiger partial charge in [-0.05, 0) is 17.7 Å². The molecule has 0 fully saturated rings. The van der Waals surface area contributed by atoms with Crippen molar-refractivity contribution in [2.45, 2.75) is 36.9 Å². The Labute approximate surface area is 166 Å². The quantitative estimate of drug-likeness (QED) is 0.375. The van der Waals surface area contributed by atoms with Crippen LogP contribution in [0.4, 0.5) is 0 Å². The van der Waals surface area contributed by atoms with Gasteiger partial charge in [0.05, 0.1) is 23.6 Å². The Morgan fingerprint density at radius 3 is 2.26 bits per heavy atom. The largest absolute Gasteiger partial charge is 0.462 e. The SMILES string of the molecule is C=Cc1ccc(C(=O)OCCC(=O)CCC(=O)CC(Br)C(=O)CCO)cc1. The molecule has 0 spiro atoms. The maximum absolute atomic E-state index is 11.9. The third-order valence-corrected chi connectivity index (χ3v) is 4.63. The average molecular weight is 439 g/mol. The summed E-state index contributed by atoms with van der Waals surface area (Å²) in [5.74, 6) is -1.16. The molecule has 0 bridgehead atoms. The molecule has 27 heavy (non-hydrogen) atoms. The average Bonchev–Trinajstić information content (AvgIpc) is 2.66. The fourth-order valence-corrected chi connectivity index (χ4v) is 2.77. The zero-order valence-electron chi connectivity index (χ0n) is 15.0. The van der Waals surface area contributed by atoms with Gasteiger partial charge in [0.15, 0.2) is 0 Å². The van der Waals surface area contributed by atoms with Crippen molar-refractivity contribution in [1.82, 2.24) is 0 Å². The highest BCUT2D eigenvalue weighted by Crippen LogP contribution is 2.12. The summed E-state index contributed by atoms with van der Waals surface area (Å²) in [7, 11) is 0. The van der Waals surface area contributed by atoms with Gasteiger partial charge >= 0.3 is 5.97 Å². The molecule has 146 valence electrons. The summed E-state index contributed by atoms with van der Waals surface area (Å²) in [6.45, 7) is 3.32. The minimum Gasteiger partial charge on any atom is -0.462 e. The smallest absolute Gasteiger partial charge is 0.338 e. The van der Waals surface area contributed by atoms with E-state index < -0.39 is 10.8 Å². The number of esters is 1. The molecule has 0 saturated heterocycles. The fourth-order valence-electron chi connectivity index (χ4n) is 2.18. The normalized spacial score (nSPS) is 11.5. The van der Waals surface area contributed by atoms with Gasteiger partial charge in [-0.3, -0.25) is 14.4 Å². The van der Waals surface area contributed by atoms with E-state index in [1.54, 1.807) is 30.3 Å². The van der Waals surface area contributed by atoms with Crippen LogP contribution in [-0.4, -0.2) is 46.5 Å². The molecule has 0 saturated carbocycles. The van der Waals surface area contributed by atoms with Crippen LogP contribution < -0.4 is 0 Å². The summed E-state index contributed by atoms with van der Waals surface area (Å²) >= 11 is 3.11. The van der Waals surface area contributed by atoms with Crippen molar-refractivity contribution in [1.29, 1.82) is 0 Å². The number of halogens is 1. The van der Waals surface area contributed by atoms with Crippen molar-refractivity contribution in [3.8, 4) is 0 Å². The summed E-state index contributed by atoms with van der Waals surface area (Å²) in [4.78, 5) is 46.3. The van der Waals surface area contributed by atoms with Crippen LogP contribution in [0.3, 0.4) is 0 Å². The first-order valence-corrected chi connectivity index (χ1v) is 9.49. The Morgan fingerprint density at radius 1 is 1.04 bits per heavy atom. The molecular weight excluding hydrogens is 416 g/mol. The number of aliphatic hydroxyl groups is 1. The molecule has 1 aromatic carbocycles. The van der Waals surface area contributed by atoms with E-state index in [1.807, 2.05) is 0 Å². The maximum Gasteiger partial charge on any atom is 0.338 e. The number of hydrogen-bond donors (Lipinski definition) is 1. The first kappa shape index (κ1) is 22.9. The van der Waals surface area contributed by atoms with Gasteiger partial charge in [-0.25, -0.2) is 4.79 Å². The van der Waals surface area contributed by atoms with Crippen LogP contribution in [0.1, 0.15) is 48.0 Å². The van der Waals surface area contributed by atoms with Crippen LogP contribution in [0.25, 0.3) is 6.08 Å². The van der Waals surface area contributed by atoms with Gasteiger partial charge < -0.3 is 9.84 Å². The number of benzene rings is 1. The topological polar surface area (TPSA) is 97.7 Å². The highest BCUT2D eigenvalue weighted by atomic mass is 79.9. The van der Waals surface area contributed by atoms with Gasteiger partial charge in [-0.2, -0.15) is 0 Å². The number of alkyl halides is 1. The summed E-state index contributed by atoms with van der Waals surface area (Å²) in [5.41, 5.74) is 1.27. The molecule has 0 aliphatic heterocycles. The lowest BCUT2D eigenvalue weighted by Crippen LogP contribution is -2.19. The van der Waals surface area contributed by atoms with Gasteiger partial charge in [0, 0.05) is 32.1 Å². The fraction of sp³-hybridized carbons (Fsp3) is 0.400. The van der Waals surface area contributed by atoms with E-state index in [0.29, 0.717) is 5.56 Å². The number of ketones is 3. The Kier molecular flexibility index (Phi) is 10.4. The second-order valence-corrected chi connectivity index (χ2v) is 7.01. The highest BCUT2D eigenvalue weighted by molar-refractivity contribution is 9.10.